The van der Waals surface area contributed by atoms with Crippen LogP contribution in [0.15, 0.2) is 77.4 Å². The third-order valence-corrected chi connectivity index (χ3v) is 6.17. The van der Waals surface area contributed by atoms with Gasteiger partial charge >= 0.3 is 0 Å². The summed E-state index contributed by atoms with van der Waals surface area (Å²) in [6, 6.07) is 20.0. The van der Waals surface area contributed by atoms with E-state index in [0.29, 0.717) is 18.7 Å². The molecule has 1 aromatic heterocycles. The van der Waals surface area contributed by atoms with Crippen molar-refractivity contribution < 1.29 is 18.7 Å². The summed E-state index contributed by atoms with van der Waals surface area (Å²) in [6.45, 7) is 0.373. The molecule has 33 heavy (non-hydrogen) atoms. The molecule has 172 valence electrons. The maximum Gasteiger partial charge on any atom is 0.290 e. The second-order valence-electron chi connectivity index (χ2n) is 8.38. The second kappa shape index (κ2) is 10.9. The molecule has 1 heterocycles. The second-order valence-corrected chi connectivity index (χ2v) is 8.38. The van der Waals surface area contributed by atoms with Gasteiger partial charge in [0.05, 0.1) is 13.4 Å². The summed E-state index contributed by atoms with van der Waals surface area (Å²) in [4.78, 5) is 28.8. The van der Waals surface area contributed by atoms with Gasteiger partial charge in [-0.1, -0.05) is 55.3 Å². The molecule has 1 aliphatic carbocycles. The highest BCUT2D eigenvalue weighted by Gasteiger charge is 2.34. The molecular weight excluding hydrogens is 416 g/mol. The first-order valence-electron chi connectivity index (χ1n) is 11.5. The molecule has 1 atom stereocenters. The van der Waals surface area contributed by atoms with Gasteiger partial charge in [-0.15, -0.1) is 0 Å². The van der Waals surface area contributed by atoms with Crippen LogP contribution in [0.2, 0.25) is 0 Å². The Morgan fingerprint density at radius 1 is 1.03 bits per heavy atom. The van der Waals surface area contributed by atoms with Gasteiger partial charge in [0.15, 0.2) is 5.76 Å². The lowest BCUT2D eigenvalue weighted by Gasteiger charge is -2.32. The van der Waals surface area contributed by atoms with E-state index in [9.17, 15) is 9.59 Å². The van der Waals surface area contributed by atoms with Crippen molar-refractivity contribution in [3.63, 3.8) is 0 Å². The molecule has 3 aromatic rings. The number of carbonyl (C=O) groups is 2. The highest BCUT2D eigenvalue weighted by Crippen LogP contribution is 2.27. The number of nitrogens with zero attached hydrogens (tertiary/aromatic N) is 1. The molecule has 0 spiro atoms. The van der Waals surface area contributed by atoms with Crippen molar-refractivity contribution >= 4 is 11.8 Å². The molecule has 0 saturated heterocycles. The Hall–Kier alpha value is -3.54. The van der Waals surface area contributed by atoms with Crippen LogP contribution in [0.5, 0.6) is 5.75 Å². The van der Waals surface area contributed by atoms with E-state index in [4.69, 9.17) is 9.15 Å². The van der Waals surface area contributed by atoms with Crippen LogP contribution in [-0.4, -0.2) is 36.4 Å². The quantitative estimate of drug-likeness (QED) is 0.514. The van der Waals surface area contributed by atoms with Crippen molar-refractivity contribution in [3.8, 4) is 5.75 Å². The number of furan rings is 1. The summed E-state index contributed by atoms with van der Waals surface area (Å²) >= 11 is 0. The van der Waals surface area contributed by atoms with E-state index >= 15 is 0 Å². The van der Waals surface area contributed by atoms with Gasteiger partial charge in [-0.05, 0) is 54.7 Å². The summed E-state index contributed by atoms with van der Waals surface area (Å²) in [5, 5.41) is 3.19. The Bertz CT molecular complexity index is 1030. The number of methoxy groups -OCH3 is 1. The molecule has 0 radical (unpaired) electrons. The molecule has 1 unspecified atom stereocenters. The maximum atomic E-state index is 13.6. The normalized spacial score (nSPS) is 14.6. The zero-order valence-corrected chi connectivity index (χ0v) is 18.9. The lowest BCUT2D eigenvalue weighted by molar-refractivity contribution is -0.126. The van der Waals surface area contributed by atoms with Crippen LogP contribution in [0.4, 0.5) is 0 Å². The standard InChI is InChI=1S/C27H30N2O4/c1-32-23-15-13-21(14-16-23)25(26(30)28-22-10-5-6-11-22)29(27(31)24-12-7-19-33-24)18-17-20-8-3-2-4-9-20/h2-4,7-9,12-16,19,22,25H,5-6,10-11,17-18H2,1H3,(H,28,30). The minimum Gasteiger partial charge on any atom is -0.497 e. The summed E-state index contributed by atoms with van der Waals surface area (Å²) in [5.41, 5.74) is 1.83. The van der Waals surface area contributed by atoms with Crippen molar-refractivity contribution in [2.45, 2.75) is 44.2 Å². The van der Waals surface area contributed by atoms with E-state index in [2.05, 4.69) is 5.32 Å². The van der Waals surface area contributed by atoms with E-state index in [1.54, 1.807) is 24.1 Å². The van der Waals surface area contributed by atoms with Crippen molar-refractivity contribution in [2.24, 2.45) is 0 Å². The summed E-state index contributed by atoms with van der Waals surface area (Å²) in [7, 11) is 1.60. The predicted molar refractivity (Wildman–Crippen MR) is 126 cm³/mol. The van der Waals surface area contributed by atoms with Gasteiger partial charge in [-0.25, -0.2) is 0 Å². The molecule has 0 aliphatic heterocycles. The molecule has 2 aromatic carbocycles. The van der Waals surface area contributed by atoms with Crippen LogP contribution in [0.1, 0.15) is 53.4 Å². The largest absolute Gasteiger partial charge is 0.497 e. The molecule has 1 saturated carbocycles. The van der Waals surface area contributed by atoms with Gasteiger partial charge in [0, 0.05) is 12.6 Å². The average molecular weight is 447 g/mol. The molecule has 6 heteroatoms. The van der Waals surface area contributed by atoms with E-state index in [1.165, 1.54) is 6.26 Å². The summed E-state index contributed by atoms with van der Waals surface area (Å²) in [6.07, 6.45) is 6.26. The Morgan fingerprint density at radius 2 is 1.76 bits per heavy atom. The number of benzene rings is 2. The highest BCUT2D eigenvalue weighted by atomic mass is 16.5. The topological polar surface area (TPSA) is 71.8 Å². The summed E-state index contributed by atoms with van der Waals surface area (Å²) < 4.78 is 10.7. The van der Waals surface area contributed by atoms with Crippen molar-refractivity contribution in [2.75, 3.05) is 13.7 Å². The third kappa shape index (κ3) is 5.64. The van der Waals surface area contributed by atoms with Gasteiger partial charge < -0.3 is 19.4 Å². The first-order valence-corrected chi connectivity index (χ1v) is 11.5. The monoisotopic (exact) mass is 446 g/mol. The van der Waals surface area contributed by atoms with Gasteiger partial charge in [-0.2, -0.15) is 0 Å². The fraction of sp³-hybridized carbons (Fsp3) is 0.333. The first kappa shape index (κ1) is 22.6. The molecule has 1 aliphatic rings. The van der Waals surface area contributed by atoms with Crippen LogP contribution in [0.3, 0.4) is 0 Å². The first-order chi connectivity index (χ1) is 16.2. The van der Waals surface area contributed by atoms with Crippen LogP contribution >= 0.6 is 0 Å². The highest BCUT2D eigenvalue weighted by molar-refractivity contribution is 5.96. The molecule has 6 nitrogen and oxygen atoms in total. The smallest absolute Gasteiger partial charge is 0.290 e. The van der Waals surface area contributed by atoms with Gasteiger partial charge in [0.25, 0.3) is 5.91 Å². The predicted octanol–water partition coefficient (Wildman–Crippen LogP) is 4.77. The lowest BCUT2D eigenvalue weighted by atomic mass is 10.0. The zero-order chi connectivity index (χ0) is 23.0. The number of carbonyl (C=O) groups excluding carboxylic acids is 2. The SMILES string of the molecule is COc1ccc(C(C(=O)NC2CCCC2)N(CCc2ccccc2)C(=O)c2ccco2)cc1. The Morgan fingerprint density at radius 3 is 2.39 bits per heavy atom. The fourth-order valence-corrected chi connectivity index (χ4v) is 4.39. The number of rotatable bonds is 9. The van der Waals surface area contributed by atoms with Crippen LogP contribution in [0, 0.1) is 0 Å². The molecule has 1 fully saturated rings. The summed E-state index contributed by atoms with van der Waals surface area (Å²) in [5.74, 6) is 0.440. The maximum absolute atomic E-state index is 13.6. The average Bonchev–Trinajstić information content (AvgIpc) is 3.57. The van der Waals surface area contributed by atoms with E-state index in [-0.39, 0.29) is 23.6 Å². The van der Waals surface area contributed by atoms with Crippen molar-refractivity contribution in [1.82, 2.24) is 10.2 Å². The number of hydrogen-bond donors (Lipinski definition) is 1. The molecule has 1 N–H and O–H groups in total. The number of hydrogen-bond acceptors (Lipinski definition) is 4. The minimum atomic E-state index is -0.780. The van der Waals surface area contributed by atoms with Gasteiger partial charge in [-0.3, -0.25) is 9.59 Å². The van der Waals surface area contributed by atoms with Crippen LogP contribution < -0.4 is 10.1 Å². The lowest BCUT2D eigenvalue weighted by Crippen LogP contribution is -2.46. The number of ether oxygens (including phenoxy) is 1. The number of amides is 2. The molecule has 2 amide bonds. The third-order valence-electron chi connectivity index (χ3n) is 6.17. The van der Waals surface area contributed by atoms with Gasteiger partial charge in [0.1, 0.15) is 11.8 Å². The molecule has 4 rings (SSSR count). The fourth-order valence-electron chi connectivity index (χ4n) is 4.39. The molecular formula is C27H30N2O4. The molecule has 0 bridgehead atoms. The van der Waals surface area contributed by atoms with Crippen LogP contribution in [-0.2, 0) is 11.2 Å². The minimum absolute atomic E-state index is 0.146. The van der Waals surface area contributed by atoms with Crippen LogP contribution in [0.25, 0.3) is 0 Å². The van der Waals surface area contributed by atoms with E-state index in [1.807, 2.05) is 54.6 Å². The Balaban J connectivity index is 1.67. The van der Waals surface area contributed by atoms with Gasteiger partial charge in [0.2, 0.25) is 5.91 Å². The Labute approximate surface area is 194 Å². The Kier molecular flexibility index (Phi) is 7.45. The van der Waals surface area contributed by atoms with Crippen molar-refractivity contribution in [3.05, 3.63) is 89.9 Å². The van der Waals surface area contributed by atoms with E-state index < -0.39 is 6.04 Å². The number of nitrogens with one attached hydrogen (secondary N) is 1. The van der Waals surface area contributed by atoms with E-state index in [0.717, 1.165) is 36.8 Å². The zero-order valence-electron chi connectivity index (χ0n) is 18.9. The van der Waals surface area contributed by atoms with Crippen molar-refractivity contribution in [1.29, 1.82) is 0 Å².